The van der Waals surface area contributed by atoms with Crippen LogP contribution >= 0.6 is 0 Å². The Bertz CT molecular complexity index is 813. The highest BCUT2D eigenvalue weighted by Crippen LogP contribution is 2.77. The number of Topliss-reactive ketones (excluding diaryl/α,β-unsaturated/α-hetero) is 2. The molecule has 6 heteroatoms. The lowest BCUT2D eigenvalue weighted by molar-refractivity contribution is -0.162. The minimum Gasteiger partial charge on any atom is -0.472 e. The maximum absolute atomic E-state index is 12.9. The number of ether oxygens (including phenoxy) is 2. The Morgan fingerprint density at radius 1 is 1.26 bits per heavy atom. The molecule has 2 aliphatic carbocycles. The number of hydrogen-bond acceptors (Lipinski definition) is 6. The number of furan rings is 1. The number of carbonyl (C=O) groups excluding carboxylic acids is 3. The van der Waals surface area contributed by atoms with Crippen molar-refractivity contribution in [3.05, 3.63) is 24.2 Å². The minimum atomic E-state index is -1.02. The molecule has 1 aromatic heterocycles. The molecule has 146 valence electrons. The molecule has 27 heavy (non-hydrogen) atoms. The van der Waals surface area contributed by atoms with E-state index in [0.29, 0.717) is 12.0 Å². The van der Waals surface area contributed by atoms with Gasteiger partial charge in [0.1, 0.15) is 28.7 Å². The quantitative estimate of drug-likeness (QED) is 0.456. The van der Waals surface area contributed by atoms with Crippen LogP contribution < -0.4 is 0 Å². The van der Waals surface area contributed by atoms with E-state index in [4.69, 9.17) is 13.9 Å². The lowest BCUT2D eigenvalue weighted by Gasteiger charge is -2.51. The second kappa shape index (κ2) is 5.53. The summed E-state index contributed by atoms with van der Waals surface area (Å²) >= 11 is 0. The van der Waals surface area contributed by atoms with E-state index in [1.54, 1.807) is 13.0 Å². The topological polar surface area (TPSA) is 86.1 Å². The Hall–Kier alpha value is -1.95. The third kappa shape index (κ3) is 2.08. The molecule has 2 heterocycles. The minimum absolute atomic E-state index is 0.00731. The lowest BCUT2D eigenvalue weighted by Crippen LogP contribution is -2.61. The predicted molar refractivity (Wildman–Crippen MR) is 95.1 cm³/mol. The highest BCUT2D eigenvalue weighted by atomic mass is 16.6. The van der Waals surface area contributed by atoms with Crippen LogP contribution in [0.4, 0.5) is 0 Å². The molecule has 1 aromatic rings. The first kappa shape index (κ1) is 18.4. The van der Waals surface area contributed by atoms with Crippen LogP contribution in [0.15, 0.2) is 23.0 Å². The van der Waals surface area contributed by atoms with Gasteiger partial charge in [0.25, 0.3) is 0 Å². The summed E-state index contributed by atoms with van der Waals surface area (Å²) in [5.41, 5.74) is -2.58. The summed E-state index contributed by atoms with van der Waals surface area (Å²) in [7, 11) is 1.35. The summed E-state index contributed by atoms with van der Waals surface area (Å²) in [6.07, 6.45) is 5.08. The zero-order valence-electron chi connectivity index (χ0n) is 16.3. The number of ketones is 2. The van der Waals surface area contributed by atoms with Gasteiger partial charge in [-0.2, -0.15) is 0 Å². The summed E-state index contributed by atoms with van der Waals surface area (Å²) in [6.45, 7) is 5.93. The van der Waals surface area contributed by atoms with E-state index < -0.39 is 28.0 Å². The van der Waals surface area contributed by atoms with Crippen molar-refractivity contribution in [3.8, 4) is 0 Å². The Morgan fingerprint density at radius 3 is 2.63 bits per heavy atom. The molecule has 0 N–H and O–H groups in total. The lowest BCUT2D eigenvalue weighted by atomic mass is 9.47. The fourth-order valence-corrected chi connectivity index (χ4v) is 5.97. The first-order valence-electron chi connectivity index (χ1n) is 9.51. The second-order valence-corrected chi connectivity index (χ2v) is 8.94. The largest absolute Gasteiger partial charge is 0.472 e. The highest BCUT2D eigenvalue weighted by molar-refractivity contribution is 5.97. The summed E-state index contributed by atoms with van der Waals surface area (Å²) < 4.78 is 16.5. The molecule has 3 fully saturated rings. The molecule has 2 saturated carbocycles. The molecule has 5 atom stereocenters. The van der Waals surface area contributed by atoms with Crippen molar-refractivity contribution in [3.63, 3.8) is 0 Å². The van der Waals surface area contributed by atoms with E-state index in [1.165, 1.54) is 19.6 Å². The molecule has 1 saturated heterocycles. The Balaban J connectivity index is 1.77. The number of methoxy groups -OCH3 is 1. The fraction of sp³-hybridized carbons (Fsp3) is 0.667. The standard InChI is InChI=1S/C21H26O6/c1-13-5-7-20-19(3,17(24)25-4)9-15(22)10-21(20,27-20)18(13,2)11-16(23)14-6-8-26-12-14/h6,8,12-13H,5,7,9-11H2,1-4H3/t13-,18+,19-,20-,21-/m1/s1. The molecule has 0 aromatic carbocycles. The average Bonchev–Trinajstić information content (AvgIpc) is 3.03. The molecule has 0 spiro atoms. The van der Waals surface area contributed by atoms with Gasteiger partial charge in [0.15, 0.2) is 5.78 Å². The summed E-state index contributed by atoms with van der Waals surface area (Å²) in [4.78, 5) is 38.3. The van der Waals surface area contributed by atoms with Gasteiger partial charge in [0, 0.05) is 24.7 Å². The number of rotatable bonds is 4. The van der Waals surface area contributed by atoms with Crippen LogP contribution in [0.1, 0.15) is 63.2 Å². The van der Waals surface area contributed by atoms with Crippen molar-refractivity contribution in [1.29, 1.82) is 0 Å². The van der Waals surface area contributed by atoms with Crippen molar-refractivity contribution in [1.82, 2.24) is 0 Å². The average molecular weight is 374 g/mol. The summed E-state index contributed by atoms with van der Waals surface area (Å²) in [5.74, 6) is -0.268. The van der Waals surface area contributed by atoms with E-state index >= 15 is 0 Å². The van der Waals surface area contributed by atoms with Gasteiger partial charge in [-0.05, 0) is 31.7 Å². The van der Waals surface area contributed by atoms with Crippen molar-refractivity contribution in [2.75, 3.05) is 7.11 Å². The predicted octanol–water partition coefficient (Wildman–Crippen LogP) is 3.34. The molecular weight excluding hydrogens is 348 g/mol. The first-order chi connectivity index (χ1) is 12.7. The third-order valence-corrected chi connectivity index (χ3v) is 7.79. The molecule has 0 unspecified atom stereocenters. The molecule has 0 radical (unpaired) electrons. The van der Waals surface area contributed by atoms with Crippen molar-refractivity contribution in [2.45, 2.75) is 64.1 Å². The Morgan fingerprint density at radius 2 is 2.00 bits per heavy atom. The van der Waals surface area contributed by atoms with Gasteiger partial charge in [-0.25, -0.2) is 0 Å². The molecule has 1 aliphatic heterocycles. The summed E-state index contributed by atoms with van der Waals surface area (Å²) in [5, 5.41) is 0. The monoisotopic (exact) mass is 374 g/mol. The van der Waals surface area contributed by atoms with Crippen molar-refractivity contribution in [2.24, 2.45) is 16.7 Å². The smallest absolute Gasteiger partial charge is 0.315 e. The van der Waals surface area contributed by atoms with Crippen LogP contribution in [-0.2, 0) is 19.1 Å². The Labute approximate surface area is 158 Å². The molecule has 0 bridgehead atoms. The molecular formula is C21H26O6. The summed E-state index contributed by atoms with van der Waals surface area (Å²) in [6, 6.07) is 1.66. The van der Waals surface area contributed by atoms with Gasteiger partial charge in [0.2, 0.25) is 0 Å². The van der Waals surface area contributed by atoms with E-state index in [2.05, 4.69) is 6.92 Å². The van der Waals surface area contributed by atoms with Crippen molar-refractivity contribution < 1.29 is 28.3 Å². The van der Waals surface area contributed by atoms with Crippen LogP contribution in [0.5, 0.6) is 0 Å². The number of epoxide rings is 1. The molecule has 6 nitrogen and oxygen atoms in total. The van der Waals surface area contributed by atoms with Crippen LogP contribution in [0, 0.1) is 16.7 Å². The molecule has 4 rings (SSSR count). The van der Waals surface area contributed by atoms with Crippen molar-refractivity contribution >= 4 is 17.5 Å². The van der Waals surface area contributed by atoms with E-state index in [9.17, 15) is 14.4 Å². The third-order valence-electron chi connectivity index (χ3n) is 7.79. The van der Waals surface area contributed by atoms with E-state index in [-0.39, 0.29) is 36.7 Å². The SMILES string of the molecule is COC(=O)[C@@]1(C)CC(=O)C[C@]23O[C@@]21CC[C@@H](C)[C@]3(C)CC(=O)c1ccoc1. The van der Waals surface area contributed by atoms with Gasteiger partial charge in [-0.1, -0.05) is 13.8 Å². The highest BCUT2D eigenvalue weighted by Gasteiger charge is 2.88. The first-order valence-corrected chi connectivity index (χ1v) is 9.51. The number of hydrogen-bond donors (Lipinski definition) is 0. The number of carbonyl (C=O) groups is 3. The molecule has 3 aliphatic rings. The van der Waals surface area contributed by atoms with Crippen LogP contribution in [0.2, 0.25) is 0 Å². The van der Waals surface area contributed by atoms with Gasteiger partial charge in [0.05, 0.1) is 18.9 Å². The van der Waals surface area contributed by atoms with Gasteiger partial charge in [-0.3, -0.25) is 14.4 Å². The number of esters is 1. The maximum Gasteiger partial charge on any atom is 0.315 e. The zero-order chi connectivity index (χ0) is 19.7. The molecule has 0 amide bonds. The maximum atomic E-state index is 12.9. The van der Waals surface area contributed by atoms with Gasteiger partial charge < -0.3 is 13.9 Å². The van der Waals surface area contributed by atoms with Crippen LogP contribution in [0.25, 0.3) is 0 Å². The Kier molecular flexibility index (Phi) is 3.77. The zero-order valence-corrected chi connectivity index (χ0v) is 16.3. The van der Waals surface area contributed by atoms with Crippen LogP contribution in [0.3, 0.4) is 0 Å². The second-order valence-electron chi connectivity index (χ2n) is 8.94. The van der Waals surface area contributed by atoms with E-state index in [1.807, 2.05) is 6.92 Å². The van der Waals surface area contributed by atoms with Gasteiger partial charge in [-0.15, -0.1) is 0 Å². The van der Waals surface area contributed by atoms with Gasteiger partial charge >= 0.3 is 5.97 Å². The normalized spacial score (nSPS) is 42.8. The van der Waals surface area contributed by atoms with Crippen LogP contribution in [-0.4, -0.2) is 35.8 Å². The van der Waals surface area contributed by atoms with E-state index in [0.717, 1.165) is 6.42 Å². The fourth-order valence-electron chi connectivity index (χ4n) is 5.97.